The number of unbranched alkanes of at least 4 members (excludes halogenated alkanes) is 1. The number of carbonyl (C=O) groups excluding carboxylic acids is 2. The minimum absolute atomic E-state index is 0.0823. The third kappa shape index (κ3) is 4.52. The van der Waals surface area contributed by atoms with Crippen LogP contribution in [0.4, 0.5) is 0 Å². The normalized spacial score (nSPS) is 14.5. The van der Waals surface area contributed by atoms with Crippen LogP contribution in [-0.2, 0) is 9.36 Å². The molecule has 0 aliphatic rings. The van der Waals surface area contributed by atoms with Gasteiger partial charge < -0.3 is 4.57 Å². The lowest BCUT2D eigenvalue weighted by Gasteiger charge is -2.25. The number of hydrogen-bond acceptors (Lipinski definition) is 3. The van der Waals surface area contributed by atoms with Crippen molar-refractivity contribution in [2.45, 2.75) is 53.4 Å². The molecule has 28 heavy (non-hydrogen) atoms. The Morgan fingerprint density at radius 1 is 0.929 bits per heavy atom. The van der Waals surface area contributed by atoms with E-state index in [1.54, 1.807) is 48.5 Å². The van der Waals surface area contributed by atoms with Gasteiger partial charge in [0.05, 0.1) is 0 Å². The van der Waals surface area contributed by atoms with E-state index in [2.05, 4.69) is 6.92 Å². The quantitative estimate of drug-likeness (QED) is 0.388. The molecule has 2 aromatic rings. The maximum Gasteiger partial charge on any atom is 0.206 e. The maximum atomic E-state index is 14.5. The maximum absolute atomic E-state index is 14.5. The zero-order chi connectivity index (χ0) is 20.7. The summed E-state index contributed by atoms with van der Waals surface area (Å²) in [7, 11) is -3.62. The molecule has 0 saturated carbocycles. The summed E-state index contributed by atoms with van der Waals surface area (Å²) in [5.41, 5.74) is 0.182. The van der Waals surface area contributed by atoms with Crippen molar-refractivity contribution in [1.29, 1.82) is 0 Å². The average molecular weight is 398 g/mol. The van der Waals surface area contributed by atoms with Crippen molar-refractivity contribution in [2.75, 3.05) is 0 Å². The second-order valence-electron chi connectivity index (χ2n) is 7.57. The first kappa shape index (κ1) is 22.3. The van der Waals surface area contributed by atoms with E-state index in [-0.39, 0.29) is 23.1 Å². The van der Waals surface area contributed by atoms with E-state index in [1.807, 2.05) is 26.8 Å². The Kier molecular flexibility index (Phi) is 7.95. The molecule has 150 valence electrons. The molecule has 0 heterocycles. The summed E-state index contributed by atoms with van der Waals surface area (Å²) in [5.74, 6) is -0.586. The first-order chi connectivity index (χ1) is 13.4. The van der Waals surface area contributed by atoms with Crippen LogP contribution in [0.25, 0.3) is 0 Å². The molecule has 2 rings (SSSR count). The van der Waals surface area contributed by atoms with Crippen LogP contribution in [0, 0.1) is 11.8 Å². The molecule has 0 bridgehead atoms. The van der Waals surface area contributed by atoms with Crippen molar-refractivity contribution in [2.24, 2.45) is 11.8 Å². The zero-order valence-corrected chi connectivity index (χ0v) is 18.2. The third-order valence-electron chi connectivity index (χ3n) is 5.21. The minimum Gasteiger partial charge on any atom is -0.306 e. The van der Waals surface area contributed by atoms with Crippen LogP contribution in [0.5, 0.6) is 0 Å². The fourth-order valence-corrected chi connectivity index (χ4v) is 6.51. The molecule has 0 saturated heterocycles. The fourth-order valence-electron chi connectivity index (χ4n) is 3.50. The number of Topliss-reactive ketones (excluding diaryl/α,β-unsaturated/α-hetero) is 1. The molecular formula is C24H31O3P. The lowest BCUT2D eigenvalue weighted by Crippen LogP contribution is -2.31. The van der Waals surface area contributed by atoms with Crippen molar-refractivity contribution >= 4 is 29.1 Å². The van der Waals surface area contributed by atoms with E-state index in [9.17, 15) is 14.2 Å². The summed E-state index contributed by atoms with van der Waals surface area (Å²) in [6, 6.07) is 15.9. The van der Waals surface area contributed by atoms with Gasteiger partial charge >= 0.3 is 0 Å². The Morgan fingerprint density at radius 3 is 2.11 bits per heavy atom. The highest BCUT2D eigenvalue weighted by Crippen LogP contribution is 2.49. The van der Waals surface area contributed by atoms with E-state index in [4.69, 9.17) is 0 Å². The van der Waals surface area contributed by atoms with Crippen molar-refractivity contribution in [3.8, 4) is 0 Å². The molecule has 0 fully saturated rings. The van der Waals surface area contributed by atoms with Crippen LogP contribution >= 0.6 is 7.14 Å². The smallest absolute Gasteiger partial charge is 0.206 e. The summed E-state index contributed by atoms with van der Waals surface area (Å²) in [5, 5.41) is 0.902. The Morgan fingerprint density at radius 2 is 1.54 bits per heavy atom. The highest BCUT2D eigenvalue weighted by Gasteiger charge is 2.41. The predicted molar refractivity (Wildman–Crippen MR) is 117 cm³/mol. The Bertz CT molecular complexity index is 855. The van der Waals surface area contributed by atoms with E-state index >= 15 is 0 Å². The lowest BCUT2D eigenvalue weighted by molar-refractivity contribution is -0.115. The number of hydrogen-bond donors (Lipinski definition) is 0. The van der Waals surface area contributed by atoms with Crippen LogP contribution in [0.1, 0.15) is 63.7 Å². The largest absolute Gasteiger partial charge is 0.306 e. The molecule has 2 atom stereocenters. The monoisotopic (exact) mass is 398 g/mol. The number of ketones is 1. The van der Waals surface area contributed by atoms with Gasteiger partial charge in [0.1, 0.15) is 0 Å². The molecule has 0 spiro atoms. The van der Waals surface area contributed by atoms with Crippen LogP contribution in [0.15, 0.2) is 54.6 Å². The highest BCUT2D eigenvalue weighted by molar-refractivity contribution is 7.93. The number of rotatable bonds is 10. The second-order valence-corrected chi connectivity index (χ2v) is 10.2. The molecule has 3 nitrogen and oxygen atoms in total. The van der Waals surface area contributed by atoms with Gasteiger partial charge in [-0.3, -0.25) is 9.59 Å². The van der Waals surface area contributed by atoms with Gasteiger partial charge in [-0.1, -0.05) is 95.1 Å². The minimum atomic E-state index is -3.62. The molecular weight excluding hydrogens is 367 g/mol. The van der Waals surface area contributed by atoms with Crippen LogP contribution in [0.3, 0.4) is 0 Å². The molecule has 2 aromatic carbocycles. The van der Waals surface area contributed by atoms with E-state index in [0.29, 0.717) is 22.6 Å². The SMILES string of the molecule is CCCCC(CC)C(=O)P(=O)(c1ccccc1)c1ccccc1C(=O)C(C)C. The van der Waals surface area contributed by atoms with Crippen molar-refractivity contribution in [3.05, 3.63) is 60.2 Å². The van der Waals surface area contributed by atoms with Gasteiger partial charge in [-0.05, 0) is 12.8 Å². The average Bonchev–Trinajstić information content (AvgIpc) is 2.73. The summed E-state index contributed by atoms with van der Waals surface area (Å²) in [6.07, 6.45) is 3.28. The number of benzene rings is 2. The Hall–Kier alpha value is -1.99. The molecule has 0 aliphatic carbocycles. The van der Waals surface area contributed by atoms with Gasteiger partial charge in [-0.15, -0.1) is 0 Å². The first-order valence-corrected chi connectivity index (χ1v) is 11.9. The first-order valence-electron chi connectivity index (χ1n) is 10.2. The van der Waals surface area contributed by atoms with Gasteiger partial charge in [-0.2, -0.15) is 0 Å². The van der Waals surface area contributed by atoms with E-state index in [1.165, 1.54) is 0 Å². The Balaban J connectivity index is 2.70. The van der Waals surface area contributed by atoms with Crippen molar-refractivity contribution in [3.63, 3.8) is 0 Å². The van der Waals surface area contributed by atoms with Crippen LogP contribution in [0.2, 0.25) is 0 Å². The highest BCUT2D eigenvalue weighted by atomic mass is 31.2. The van der Waals surface area contributed by atoms with Crippen LogP contribution < -0.4 is 10.6 Å². The van der Waals surface area contributed by atoms with Gasteiger partial charge in [0, 0.05) is 28.0 Å². The molecule has 2 unspecified atom stereocenters. The van der Waals surface area contributed by atoms with Crippen LogP contribution in [-0.4, -0.2) is 11.3 Å². The molecule has 0 radical (unpaired) electrons. The van der Waals surface area contributed by atoms with Gasteiger partial charge in [0.25, 0.3) is 0 Å². The topological polar surface area (TPSA) is 51.2 Å². The van der Waals surface area contributed by atoms with Crippen molar-refractivity contribution < 1.29 is 14.2 Å². The van der Waals surface area contributed by atoms with Gasteiger partial charge in [0.15, 0.2) is 5.78 Å². The summed E-state index contributed by atoms with van der Waals surface area (Å²) < 4.78 is 14.5. The van der Waals surface area contributed by atoms with E-state index in [0.717, 1.165) is 19.3 Å². The van der Waals surface area contributed by atoms with Gasteiger partial charge in [0.2, 0.25) is 12.7 Å². The second kappa shape index (κ2) is 9.98. The lowest BCUT2D eigenvalue weighted by atomic mass is 10.0. The molecule has 0 aromatic heterocycles. The summed E-state index contributed by atoms with van der Waals surface area (Å²) >= 11 is 0. The third-order valence-corrected chi connectivity index (χ3v) is 8.29. The molecule has 4 heteroatoms. The summed E-state index contributed by atoms with van der Waals surface area (Å²) in [6.45, 7) is 7.71. The Labute approximate surface area is 168 Å². The standard InChI is InChI=1S/C24H31O3P/c1-5-7-13-19(6-2)24(26)28(27,20-14-9-8-10-15-20)22-17-12-11-16-21(22)23(25)18(3)4/h8-12,14-19H,5-7,13H2,1-4H3. The summed E-state index contributed by atoms with van der Waals surface area (Å²) in [4.78, 5) is 26.5. The van der Waals surface area contributed by atoms with Gasteiger partial charge in [-0.25, -0.2) is 0 Å². The van der Waals surface area contributed by atoms with E-state index < -0.39 is 7.14 Å². The molecule has 0 aliphatic heterocycles. The fraction of sp³-hybridized carbons (Fsp3) is 0.417. The van der Waals surface area contributed by atoms with Crippen molar-refractivity contribution in [1.82, 2.24) is 0 Å². The molecule has 0 amide bonds. The number of carbonyl (C=O) groups is 2. The molecule has 0 N–H and O–H groups in total. The zero-order valence-electron chi connectivity index (χ0n) is 17.4. The predicted octanol–water partition coefficient (Wildman–Crippen LogP) is 5.58.